The lowest BCUT2D eigenvalue weighted by Gasteiger charge is -2.09. The van der Waals surface area contributed by atoms with E-state index < -0.39 is 17.5 Å². The van der Waals surface area contributed by atoms with E-state index in [1.54, 1.807) is 24.3 Å². The molecule has 0 atom stereocenters. The van der Waals surface area contributed by atoms with E-state index in [2.05, 4.69) is 21.2 Å². The smallest absolute Gasteiger partial charge is 0.258 e. The quantitative estimate of drug-likeness (QED) is 0.876. The molecule has 0 bridgehead atoms. The first-order valence-corrected chi connectivity index (χ1v) is 6.30. The molecule has 0 heterocycles. The van der Waals surface area contributed by atoms with Crippen LogP contribution in [-0.4, -0.2) is 5.91 Å². The van der Waals surface area contributed by atoms with Crippen molar-refractivity contribution in [1.29, 1.82) is 0 Å². The Labute approximate surface area is 117 Å². The Morgan fingerprint density at radius 1 is 1.16 bits per heavy atom. The standard InChI is InChI=1S/C14H10BrF2NO/c1-8-6-9(12(17)7-11(8)16)14(19)18-13-5-3-2-4-10(13)15/h2-7H,1H3,(H,18,19). The first kappa shape index (κ1) is 13.7. The number of hydrogen-bond acceptors (Lipinski definition) is 1. The molecule has 98 valence electrons. The van der Waals surface area contributed by atoms with E-state index in [4.69, 9.17) is 0 Å². The number of rotatable bonds is 2. The topological polar surface area (TPSA) is 29.1 Å². The summed E-state index contributed by atoms with van der Waals surface area (Å²) in [4.78, 5) is 12.0. The molecule has 0 saturated carbocycles. The van der Waals surface area contributed by atoms with Crippen molar-refractivity contribution in [1.82, 2.24) is 0 Å². The fourth-order valence-corrected chi connectivity index (χ4v) is 1.97. The molecule has 2 nitrogen and oxygen atoms in total. The van der Waals surface area contributed by atoms with Crippen LogP contribution in [0, 0.1) is 18.6 Å². The van der Waals surface area contributed by atoms with E-state index in [0.717, 1.165) is 0 Å². The molecule has 0 saturated heterocycles. The number of benzene rings is 2. The van der Waals surface area contributed by atoms with Gasteiger partial charge in [0.2, 0.25) is 0 Å². The van der Waals surface area contributed by atoms with Gasteiger partial charge >= 0.3 is 0 Å². The zero-order valence-electron chi connectivity index (χ0n) is 10.0. The zero-order valence-corrected chi connectivity index (χ0v) is 11.6. The van der Waals surface area contributed by atoms with Crippen LogP contribution in [0.5, 0.6) is 0 Å². The molecule has 19 heavy (non-hydrogen) atoms. The third kappa shape index (κ3) is 2.98. The average Bonchev–Trinajstić information content (AvgIpc) is 2.36. The van der Waals surface area contributed by atoms with Crippen LogP contribution in [0.3, 0.4) is 0 Å². The van der Waals surface area contributed by atoms with Crippen molar-refractivity contribution >= 4 is 27.5 Å². The highest BCUT2D eigenvalue weighted by atomic mass is 79.9. The van der Waals surface area contributed by atoms with Gasteiger partial charge in [-0.2, -0.15) is 0 Å². The second-order valence-corrected chi connectivity index (χ2v) is 4.87. The zero-order chi connectivity index (χ0) is 14.0. The molecule has 0 radical (unpaired) electrons. The van der Waals surface area contributed by atoms with Gasteiger partial charge in [0.15, 0.2) is 0 Å². The third-order valence-corrected chi connectivity index (χ3v) is 3.31. The molecule has 1 N–H and O–H groups in total. The normalized spacial score (nSPS) is 10.3. The minimum atomic E-state index is -0.882. The second-order valence-electron chi connectivity index (χ2n) is 4.02. The third-order valence-electron chi connectivity index (χ3n) is 2.61. The Hall–Kier alpha value is -1.75. The number of para-hydroxylation sites is 1. The molecule has 0 aliphatic carbocycles. The average molecular weight is 326 g/mol. The van der Waals surface area contributed by atoms with E-state index >= 15 is 0 Å². The van der Waals surface area contributed by atoms with Gasteiger partial charge in [0.05, 0.1) is 11.3 Å². The molecule has 0 unspecified atom stereocenters. The Balaban J connectivity index is 2.31. The molecule has 5 heteroatoms. The molecule has 0 aromatic heterocycles. The largest absolute Gasteiger partial charge is 0.321 e. The lowest BCUT2D eigenvalue weighted by Crippen LogP contribution is -2.14. The first-order chi connectivity index (χ1) is 8.99. The first-order valence-electron chi connectivity index (χ1n) is 5.50. The predicted octanol–water partition coefficient (Wildman–Crippen LogP) is 4.29. The number of amides is 1. The van der Waals surface area contributed by atoms with Crippen molar-refractivity contribution in [2.45, 2.75) is 6.92 Å². The van der Waals surface area contributed by atoms with Crippen molar-refractivity contribution in [2.75, 3.05) is 5.32 Å². The molecule has 0 spiro atoms. The second kappa shape index (κ2) is 5.48. The lowest BCUT2D eigenvalue weighted by atomic mass is 10.1. The lowest BCUT2D eigenvalue weighted by molar-refractivity contribution is 0.102. The number of aryl methyl sites for hydroxylation is 1. The van der Waals surface area contributed by atoms with Crippen LogP contribution in [0.25, 0.3) is 0 Å². The van der Waals surface area contributed by atoms with Crippen LogP contribution in [0.2, 0.25) is 0 Å². The summed E-state index contributed by atoms with van der Waals surface area (Å²) in [5.41, 5.74) is 0.558. The molecule has 0 fully saturated rings. The van der Waals surface area contributed by atoms with Gasteiger partial charge in [0.1, 0.15) is 11.6 Å². The molecule has 2 aromatic carbocycles. The summed E-state index contributed by atoms with van der Waals surface area (Å²) in [5, 5.41) is 2.57. The van der Waals surface area contributed by atoms with Gasteiger partial charge in [-0.3, -0.25) is 4.79 Å². The van der Waals surface area contributed by atoms with Gasteiger partial charge in [-0.15, -0.1) is 0 Å². The van der Waals surface area contributed by atoms with Gasteiger partial charge < -0.3 is 5.32 Å². The van der Waals surface area contributed by atoms with Crippen molar-refractivity contribution in [3.8, 4) is 0 Å². The summed E-state index contributed by atoms with van der Waals surface area (Å²) < 4.78 is 27.4. The number of carbonyl (C=O) groups excluding carboxylic acids is 1. The minimum Gasteiger partial charge on any atom is -0.321 e. The number of hydrogen-bond donors (Lipinski definition) is 1. The maximum atomic E-state index is 13.6. The summed E-state index contributed by atoms with van der Waals surface area (Å²) in [6.45, 7) is 1.48. The van der Waals surface area contributed by atoms with Crippen LogP contribution in [0.15, 0.2) is 40.9 Å². The Morgan fingerprint density at radius 3 is 2.53 bits per heavy atom. The summed E-state index contributed by atoms with van der Waals surface area (Å²) >= 11 is 3.27. The van der Waals surface area contributed by atoms with Crippen molar-refractivity contribution in [3.05, 3.63) is 63.6 Å². The van der Waals surface area contributed by atoms with E-state index in [-0.39, 0.29) is 11.1 Å². The summed E-state index contributed by atoms with van der Waals surface area (Å²) in [6.07, 6.45) is 0. The van der Waals surface area contributed by atoms with Crippen LogP contribution in [0.1, 0.15) is 15.9 Å². The highest BCUT2D eigenvalue weighted by Gasteiger charge is 2.15. The minimum absolute atomic E-state index is 0.186. The number of halogens is 3. The predicted molar refractivity (Wildman–Crippen MR) is 73.2 cm³/mol. The van der Waals surface area contributed by atoms with Gasteiger partial charge in [-0.25, -0.2) is 8.78 Å². The fourth-order valence-electron chi connectivity index (χ4n) is 1.58. The summed E-state index contributed by atoms with van der Waals surface area (Å²) in [5.74, 6) is -2.17. The highest BCUT2D eigenvalue weighted by molar-refractivity contribution is 9.10. The van der Waals surface area contributed by atoms with E-state index in [9.17, 15) is 13.6 Å². The maximum absolute atomic E-state index is 13.6. The van der Waals surface area contributed by atoms with Crippen molar-refractivity contribution < 1.29 is 13.6 Å². The van der Waals surface area contributed by atoms with Gasteiger partial charge in [0, 0.05) is 10.5 Å². The maximum Gasteiger partial charge on any atom is 0.258 e. The molecular formula is C14H10BrF2NO. The van der Waals surface area contributed by atoms with E-state index in [0.29, 0.717) is 16.2 Å². The Kier molecular flexibility index (Phi) is 3.95. The molecule has 2 aromatic rings. The van der Waals surface area contributed by atoms with Gasteiger partial charge in [-0.1, -0.05) is 12.1 Å². The molecular weight excluding hydrogens is 316 g/mol. The number of anilines is 1. The van der Waals surface area contributed by atoms with Gasteiger partial charge in [0.25, 0.3) is 5.91 Å². The number of carbonyl (C=O) groups is 1. The van der Waals surface area contributed by atoms with Crippen molar-refractivity contribution in [2.24, 2.45) is 0 Å². The van der Waals surface area contributed by atoms with Crippen LogP contribution >= 0.6 is 15.9 Å². The molecule has 1 amide bonds. The Bertz CT molecular complexity index is 643. The molecule has 0 aliphatic heterocycles. The monoisotopic (exact) mass is 325 g/mol. The molecule has 2 rings (SSSR count). The van der Waals surface area contributed by atoms with Crippen molar-refractivity contribution in [3.63, 3.8) is 0 Å². The van der Waals surface area contributed by atoms with E-state index in [1.165, 1.54) is 13.0 Å². The number of nitrogens with one attached hydrogen (secondary N) is 1. The van der Waals surface area contributed by atoms with Crippen LogP contribution < -0.4 is 5.32 Å². The van der Waals surface area contributed by atoms with Crippen LogP contribution in [-0.2, 0) is 0 Å². The summed E-state index contributed by atoms with van der Waals surface area (Å²) in [7, 11) is 0. The summed E-state index contributed by atoms with van der Waals surface area (Å²) in [6, 6.07) is 8.87. The fraction of sp³-hybridized carbons (Fsp3) is 0.0714. The van der Waals surface area contributed by atoms with Crippen LogP contribution in [0.4, 0.5) is 14.5 Å². The van der Waals surface area contributed by atoms with Gasteiger partial charge in [-0.05, 0) is 46.6 Å². The molecule has 0 aliphatic rings. The SMILES string of the molecule is Cc1cc(C(=O)Nc2ccccc2Br)c(F)cc1F. The Morgan fingerprint density at radius 2 is 1.84 bits per heavy atom. The highest BCUT2D eigenvalue weighted by Crippen LogP contribution is 2.23. The van der Waals surface area contributed by atoms with E-state index in [1.807, 2.05) is 0 Å².